The van der Waals surface area contributed by atoms with Crippen molar-refractivity contribution in [2.75, 3.05) is 5.88 Å². The molecule has 0 radical (unpaired) electrons. The van der Waals surface area contributed by atoms with E-state index in [0.29, 0.717) is 12.4 Å². The molecule has 0 aliphatic heterocycles. The quantitative estimate of drug-likeness (QED) is 0.435. The van der Waals surface area contributed by atoms with E-state index in [4.69, 9.17) is 17.3 Å². The largest absolute Gasteiger partial charge is 0.386 e. The van der Waals surface area contributed by atoms with E-state index >= 15 is 0 Å². The highest BCUT2D eigenvalue weighted by atomic mass is 35.5. The summed E-state index contributed by atoms with van der Waals surface area (Å²) in [5.41, 5.74) is 6.45. The van der Waals surface area contributed by atoms with Gasteiger partial charge in [0.15, 0.2) is 0 Å². The summed E-state index contributed by atoms with van der Waals surface area (Å²) in [5.74, 6) is 0.737. The van der Waals surface area contributed by atoms with Crippen LogP contribution >= 0.6 is 11.6 Å². The van der Waals surface area contributed by atoms with E-state index in [1.54, 1.807) is 12.4 Å². The molecule has 64 valence electrons. The standard InChI is InChI=1S/C8H10ClN3/c9-4-8(10)12-6-7-2-1-3-11-5-7/h1-3,5H,4,6H2,(H2,10,12). The SMILES string of the molecule is NC(CCl)=NCc1cccnc1. The third-order valence-electron chi connectivity index (χ3n) is 1.32. The Bertz CT molecular complexity index is 258. The normalized spacial score (nSPS) is 11.6. The summed E-state index contributed by atoms with van der Waals surface area (Å²) in [6, 6.07) is 3.81. The predicted molar refractivity (Wildman–Crippen MR) is 50.3 cm³/mol. The summed E-state index contributed by atoms with van der Waals surface area (Å²) in [4.78, 5) is 7.98. The van der Waals surface area contributed by atoms with Crippen LogP contribution in [-0.4, -0.2) is 16.7 Å². The average molecular weight is 184 g/mol. The number of nitrogens with zero attached hydrogens (tertiary/aromatic N) is 2. The Hall–Kier alpha value is -1.09. The average Bonchev–Trinajstić information content (AvgIpc) is 2.16. The van der Waals surface area contributed by atoms with Gasteiger partial charge in [-0.05, 0) is 11.6 Å². The fourth-order valence-electron chi connectivity index (χ4n) is 0.727. The van der Waals surface area contributed by atoms with E-state index in [9.17, 15) is 0 Å². The number of hydrogen-bond donors (Lipinski definition) is 1. The highest BCUT2D eigenvalue weighted by Crippen LogP contribution is 1.97. The Balaban J connectivity index is 2.54. The third kappa shape index (κ3) is 2.88. The molecule has 0 spiro atoms. The molecule has 0 fully saturated rings. The van der Waals surface area contributed by atoms with Crippen molar-refractivity contribution in [2.24, 2.45) is 10.7 Å². The van der Waals surface area contributed by atoms with Crippen LogP contribution in [0.2, 0.25) is 0 Å². The molecule has 0 unspecified atom stereocenters. The first-order valence-electron chi connectivity index (χ1n) is 3.56. The smallest absolute Gasteiger partial charge is 0.109 e. The lowest BCUT2D eigenvalue weighted by atomic mass is 10.3. The molecule has 0 aliphatic carbocycles. The van der Waals surface area contributed by atoms with Crippen LogP contribution in [0, 0.1) is 0 Å². The first-order valence-corrected chi connectivity index (χ1v) is 4.10. The minimum Gasteiger partial charge on any atom is -0.386 e. The van der Waals surface area contributed by atoms with Gasteiger partial charge >= 0.3 is 0 Å². The van der Waals surface area contributed by atoms with Gasteiger partial charge in [-0.15, -0.1) is 11.6 Å². The predicted octanol–water partition coefficient (Wildman–Crippen LogP) is 1.18. The molecule has 1 aromatic heterocycles. The first-order chi connectivity index (χ1) is 5.83. The third-order valence-corrected chi connectivity index (χ3v) is 1.60. The van der Waals surface area contributed by atoms with Crippen molar-refractivity contribution >= 4 is 17.4 Å². The molecule has 1 aromatic rings. The Morgan fingerprint density at radius 1 is 1.67 bits per heavy atom. The summed E-state index contributed by atoms with van der Waals surface area (Å²) < 4.78 is 0. The van der Waals surface area contributed by atoms with Gasteiger partial charge in [-0.2, -0.15) is 0 Å². The van der Waals surface area contributed by atoms with Gasteiger partial charge < -0.3 is 5.73 Å². The minimum absolute atomic E-state index is 0.278. The van der Waals surface area contributed by atoms with Gasteiger partial charge in [0.2, 0.25) is 0 Å². The highest BCUT2D eigenvalue weighted by molar-refractivity contribution is 6.27. The molecule has 3 nitrogen and oxygen atoms in total. The van der Waals surface area contributed by atoms with Crippen molar-refractivity contribution in [3.63, 3.8) is 0 Å². The van der Waals surface area contributed by atoms with Gasteiger partial charge in [0, 0.05) is 12.4 Å². The fraction of sp³-hybridized carbons (Fsp3) is 0.250. The van der Waals surface area contributed by atoms with Crippen LogP contribution < -0.4 is 5.73 Å². The number of nitrogens with two attached hydrogens (primary N) is 1. The second-order valence-electron chi connectivity index (χ2n) is 2.30. The van der Waals surface area contributed by atoms with Crippen LogP contribution in [0.1, 0.15) is 5.56 Å². The molecule has 4 heteroatoms. The molecule has 0 saturated heterocycles. The molecule has 0 aliphatic rings. The zero-order valence-electron chi connectivity index (χ0n) is 6.57. The highest BCUT2D eigenvalue weighted by Gasteiger charge is 1.90. The summed E-state index contributed by atoms with van der Waals surface area (Å²) in [6.45, 7) is 0.548. The summed E-state index contributed by atoms with van der Waals surface area (Å²) >= 11 is 5.45. The molecule has 0 saturated carbocycles. The number of aromatic nitrogens is 1. The van der Waals surface area contributed by atoms with Crippen LogP contribution in [0.3, 0.4) is 0 Å². The van der Waals surface area contributed by atoms with Gasteiger partial charge in [0.05, 0.1) is 12.4 Å². The van der Waals surface area contributed by atoms with Crippen molar-refractivity contribution in [1.29, 1.82) is 0 Å². The van der Waals surface area contributed by atoms with Crippen molar-refractivity contribution in [3.8, 4) is 0 Å². The van der Waals surface area contributed by atoms with E-state index in [0.717, 1.165) is 5.56 Å². The number of pyridine rings is 1. The molecule has 1 heterocycles. The van der Waals surface area contributed by atoms with Gasteiger partial charge in [0.1, 0.15) is 5.84 Å². The van der Waals surface area contributed by atoms with E-state index in [1.165, 1.54) is 0 Å². The molecule has 12 heavy (non-hydrogen) atoms. The van der Waals surface area contributed by atoms with Crippen molar-refractivity contribution in [2.45, 2.75) is 6.54 Å². The maximum Gasteiger partial charge on any atom is 0.109 e. The maximum atomic E-state index is 5.45. The van der Waals surface area contributed by atoms with Crippen LogP contribution in [-0.2, 0) is 6.54 Å². The number of hydrogen-bond acceptors (Lipinski definition) is 2. The first kappa shape index (κ1) is 9.00. The zero-order chi connectivity index (χ0) is 8.81. The Morgan fingerprint density at radius 2 is 2.50 bits per heavy atom. The van der Waals surface area contributed by atoms with Gasteiger partial charge in [-0.1, -0.05) is 6.07 Å². The Morgan fingerprint density at radius 3 is 3.08 bits per heavy atom. The number of rotatable bonds is 3. The molecule has 0 atom stereocenters. The zero-order valence-corrected chi connectivity index (χ0v) is 7.33. The van der Waals surface area contributed by atoms with Crippen molar-refractivity contribution < 1.29 is 0 Å². The monoisotopic (exact) mass is 183 g/mol. The molecular formula is C8H10ClN3. The van der Waals surface area contributed by atoms with Crippen LogP contribution in [0.15, 0.2) is 29.5 Å². The van der Waals surface area contributed by atoms with E-state index < -0.39 is 0 Å². The minimum atomic E-state index is 0.278. The van der Waals surface area contributed by atoms with Crippen LogP contribution in [0.5, 0.6) is 0 Å². The van der Waals surface area contributed by atoms with Crippen LogP contribution in [0.25, 0.3) is 0 Å². The second kappa shape index (κ2) is 4.72. The summed E-state index contributed by atoms with van der Waals surface area (Å²) in [5, 5.41) is 0. The maximum absolute atomic E-state index is 5.45. The Kier molecular flexibility index (Phi) is 3.54. The van der Waals surface area contributed by atoms with E-state index in [-0.39, 0.29) is 5.88 Å². The number of amidine groups is 1. The van der Waals surface area contributed by atoms with E-state index in [1.807, 2.05) is 12.1 Å². The second-order valence-corrected chi connectivity index (χ2v) is 2.57. The molecule has 0 aromatic carbocycles. The molecular weight excluding hydrogens is 174 g/mol. The lowest BCUT2D eigenvalue weighted by molar-refractivity contribution is 1.04. The summed E-state index contributed by atoms with van der Waals surface area (Å²) in [6.07, 6.45) is 3.48. The molecule has 0 amide bonds. The molecule has 0 bridgehead atoms. The number of halogens is 1. The molecule has 1 rings (SSSR count). The van der Waals surface area contributed by atoms with Gasteiger partial charge in [0.25, 0.3) is 0 Å². The number of aliphatic imine (C=N–C) groups is 1. The lowest BCUT2D eigenvalue weighted by Gasteiger charge is -1.95. The summed E-state index contributed by atoms with van der Waals surface area (Å²) in [7, 11) is 0. The van der Waals surface area contributed by atoms with Crippen LogP contribution in [0.4, 0.5) is 0 Å². The van der Waals surface area contributed by atoms with Gasteiger partial charge in [-0.25, -0.2) is 0 Å². The van der Waals surface area contributed by atoms with E-state index in [2.05, 4.69) is 9.98 Å². The Labute approximate surface area is 76.3 Å². The van der Waals surface area contributed by atoms with Crippen molar-refractivity contribution in [3.05, 3.63) is 30.1 Å². The molecule has 2 N–H and O–H groups in total. The topological polar surface area (TPSA) is 51.3 Å². The van der Waals surface area contributed by atoms with Crippen molar-refractivity contribution in [1.82, 2.24) is 4.98 Å². The lowest BCUT2D eigenvalue weighted by Crippen LogP contribution is -2.13. The number of alkyl halides is 1. The van der Waals surface area contributed by atoms with Gasteiger partial charge in [-0.3, -0.25) is 9.98 Å². The fourth-order valence-corrected chi connectivity index (χ4v) is 0.811.